The molecule has 10 heteroatoms. The van der Waals surface area contributed by atoms with Gasteiger partial charge in [-0.2, -0.15) is 4.68 Å². The fraction of sp³-hybridized carbons (Fsp3) is 0.100. The van der Waals surface area contributed by atoms with E-state index in [4.69, 9.17) is 11.6 Å². The number of carbonyl (C=O) groups is 1. The summed E-state index contributed by atoms with van der Waals surface area (Å²) in [5.41, 5.74) is 1.55. The highest BCUT2D eigenvalue weighted by Crippen LogP contribution is 2.27. The van der Waals surface area contributed by atoms with Crippen LogP contribution >= 0.6 is 34.7 Å². The number of hydrogen-bond donors (Lipinski definition) is 1. The lowest BCUT2D eigenvalue weighted by Gasteiger charge is -2.18. The van der Waals surface area contributed by atoms with Crippen LogP contribution in [-0.2, 0) is 4.79 Å². The van der Waals surface area contributed by atoms with E-state index in [1.165, 1.54) is 35.2 Å². The highest BCUT2D eigenvalue weighted by atomic mass is 35.5. The maximum atomic E-state index is 13.3. The van der Waals surface area contributed by atoms with Gasteiger partial charge in [-0.25, -0.2) is 4.39 Å². The minimum Gasteiger partial charge on any atom is -0.344 e. The summed E-state index contributed by atoms with van der Waals surface area (Å²) in [6.45, 7) is 0. The molecule has 0 bridgehead atoms. The van der Waals surface area contributed by atoms with Crippen molar-refractivity contribution in [2.45, 2.75) is 11.2 Å². The van der Waals surface area contributed by atoms with Crippen LogP contribution in [0.4, 0.5) is 4.39 Å². The lowest BCUT2D eigenvalue weighted by atomic mass is 10.1. The Morgan fingerprint density at radius 1 is 1.17 bits per heavy atom. The summed E-state index contributed by atoms with van der Waals surface area (Å²) in [4.78, 5) is 13.6. The third-order valence-corrected chi connectivity index (χ3v) is 6.29. The summed E-state index contributed by atoms with van der Waals surface area (Å²) in [5.74, 6) is -0.384. The zero-order valence-corrected chi connectivity index (χ0v) is 17.8. The van der Waals surface area contributed by atoms with Crippen LogP contribution in [-0.4, -0.2) is 31.9 Å². The van der Waals surface area contributed by atoms with Gasteiger partial charge in [0.1, 0.15) is 5.82 Å². The Labute approximate surface area is 185 Å². The Balaban J connectivity index is 1.46. The summed E-state index contributed by atoms with van der Waals surface area (Å²) < 4.78 is 14.9. The Kier molecular flexibility index (Phi) is 6.41. The van der Waals surface area contributed by atoms with Crippen LogP contribution in [0.15, 0.2) is 71.2 Å². The van der Waals surface area contributed by atoms with Crippen molar-refractivity contribution in [3.63, 3.8) is 0 Å². The van der Waals surface area contributed by atoms with E-state index in [1.807, 2.05) is 17.5 Å². The predicted octanol–water partition coefficient (Wildman–Crippen LogP) is 4.51. The van der Waals surface area contributed by atoms with Crippen molar-refractivity contribution in [2.24, 2.45) is 0 Å². The predicted molar refractivity (Wildman–Crippen MR) is 116 cm³/mol. The first-order chi connectivity index (χ1) is 14.6. The number of nitrogens with one attached hydrogen (secondary N) is 1. The van der Waals surface area contributed by atoms with Crippen molar-refractivity contribution >= 4 is 40.6 Å². The minimum absolute atomic E-state index is 0.122. The molecule has 0 saturated carbocycles. The molecule has 2 heterocycles. The first-order valence-electron chi connectivity index (χ1n) is 8.85. The average Bonchev–Trinajstić information content (AvgIpc) is 3.44. The number of aromatic nitrogens is 4. The van der Waals surface area contributed by atoms with Gasteiger partial charge >= 0.3 is 0 Å². The highest BCUT2D eigenvalue weighted by Gasteiger charge is 2.19. The van der Waals surface area contributed by atoms with Crippen LogP contribution in [0.25, 0.3) is 5.69 Å². The van der Waals surface area contributed by atoms with E-state index >= 15 is 0 Å². The molecule has 0 radical (unpaired) electrons. The zero-order chi connectivity index (χ0) is 20.9. The van der Waals surface area contributed by atoms with Crippen LogP contribution in [0.1, 0.15) is 16.5 Å². The number of halogens is 2. The topological polar surface area (TPSA) is 72.7 Å². The van der Waals surface area contributed by atoms with Gasteiger partial charge in [-0.1, -0.05) is 41.6 Å². The molecule has 0 saturated heterocycles. The first kappa shape index (κ1) is 20.5. The van der Waals surface area contributed by atoms with Crippen molar-refractivity contribution < 1.29 is 9.18 Å². The molecular formula is C20H15ClFN5OS2. The number of rotatable bonds is 7. The number of amides is 1. The second-order valence-electron chi connectivity index (χ2n) is 6.21. The fourth-order valence-corrected chi connectivity index (χ4v) is 4.41. The number of thiophene rings is 1. The largest absolute Gasteiger partial charge is 0.344 e. The number of thioether (sulfide) groups is 1. The second kappa shape index (κ2) is 9.38. The molecule has 1 N–H and O–H groups in total. The molecule has 1 amide bonds. The van der Waals surface area contributed by atoms with Gasteiger partial charge in [-0.05, 0) is 63.8 Å². The number of carbonyl (C=O) groups excluding carboxylic acids is 1. The van der Waals surface area contributed by atoms with E-state index in [-0.39, 0.29) is 23.5 Å². The molecule has 4 aromatic rings. The van der Waals surface area contributed by atoms with E-state index in [1.54, 1.807) is 41.1 Å². The average molecular weight is 460 g/mol. The van der Waals surface area contributed by atoms with E-state index < -0.39 is 0 Å². The van der Waals surface area contributed by atoms with Crippen LogP contribution in [0, 0.1) is 5.82 Å². The molecule has 30 heavy (non-hydrogen) atoms. The van der Waals surface area contributed by atoms with Crippen LogP contribution < -0.4 is 5.32 Å². The highest BCUT2D eigenvalue weighted by molar-refractivity contribution is 7.99. The summed E-state index contributed by atoms with van der Waals surface area (Å²) in [5, 5.41) is 17.7. The number of hydrogen-bond acceptors (Lipinski definition) is 6. The molecule has 0 aliphatic heterocycles. The Hall–Kier alpha value is -2.75. The van der Waals surface area contributed by atoms with E-state index in [9.17, 15) is 9.18 Å². The maximum absolute atomic E-state index is 13.3. The fourth-order valence-electron chi connectivity index (χ4n) is 2.78. The smallest absolute Gasteiger partial charge is 0.231 e. The lowest BCUT2D eigenvalue weighted by Crippen LogP contribution is -2.30. The van der Waals surface area contributed by atoms with Crippen LogP contribution in [0.2, 0.25) is 5.02 Å². The minimum atomic E-state index is -0.356. The second-order valence-corrected chi connectivity index (χ2v) is 8.56. The van der Waals surface area contributed by atoms with Gasteiger partial charge in [-0.3, -0.25) is 4.79 Å². The van der Waals surface area contributed by atoms with Gasteiger partial charge in [0.15, 0.2) is 0 Å². The monoisotopic (exact) mass is 459 g/mol. The standard InChI is InChI=1S/C20H15ClFN5OS2/c21-14-5-9-16(10-6-14)27-20(24-25-26-27)30-12-18(28)23-19(17-2-1-11-29-17)13-3-7-15(22)8-4-13/h1-11,19H,12H2,(H,23,28). The molecule has 1 atom stereocenters. The molecule has 1 unspecified atom stereocenters. The lowest BCUT2D eigenvalue weighted by molar-refractivity contribution is -0.119. The van der Waals surface area contributed by atoms with Gasteiger partial charge in [-0.15, -0.1) is 16.4 Å². The molecule has 0 aliphatic rings. The van der Waals surface area contributed by atoms with Gasteiger partial charge in [0.25, 0.3) is 0 Å². The first-order valence-corrected chi connectivity index (χ1v) is 11.1. The van der Waals surface area contributed by atoms with Gasteiger partial charge in [0.05, 0.1) is 17.5 Å². The van der Waals surface area contributed by atoms with Crippen molar-refractivity contribution in [2.75, 3.05) is 5.75 Å². The van der Waals surface area contributed by atoms with Gasteiger partial charge < -0.3 is 5.32 Å². The third-order valence-electron chi connectivity index (χ3n) is 4.18. The molecule has 4 rings (SSSR count). The molecule has 2 aromatic carbocycles. The quantitative estimate of drug-likeness (QED) is 0.411. The molecule has 0 aliphatic carbocycles. The molecule has 152 valence electrons. The molecule has 6 nitrogen and oxygen atoms in total. The number of tetrazole rings is 1. The van der Waals surface area contributed by atoms with Gasteiger partial charge in [0, 0.05) is 9.90 Å². The molecule has 0 spiro atoms. The molecule has 2 aromatic heterocycles. The van der Waals surface area contributed by atoms with E-state index in [2.05, 4.69) is 20.8 Å². The summed E-state index contributed by atoms with van der Waals surface area (Å²) >= 11 is 8.68. The number of nitrogens with zero attached hydrogens (tertiary/aromatic N) is 4. The Morgan fingerprint density at radius 3 is 2.63 bits per heavy atom. The van der Waals surface area contributed by atoms with Crippen molar-refractivity contribution in [3.8, 4) is 5.69 Å². The van der Waals surface area contributed by atoms with Crippen LogP contribution in [0.3, 0.4) is 0 Å². The van der Waals surface area contributed by atoms with Crippen molar-refractivity contribution in [1.82, 2.24) is 25.5 Å². The Bertz CT molecular complexity index is 1120. The van der Waals surface area contributed by atoms with Gasteiger partial charge in [0.2, 0.25) is 11.1 Å². The van der Waals surface area contributed by atoms with Crippen molar-refractivity contribution in [3.05, 3.63) is 87.3 Å². The van der Waals surface area contributed by atoms with Crippen LogP contribution in [0.5, 0.6) is 0 Å². The molecular weight excluding hydrogens is 445 g/mol. The van der Waals surface area contributed by atoms with E-state index in [0.29, 0.717) is 10.2 Å². The zero-order valence-electron chi connectivity index (χ0n) is 15.4. The Morgan fingerprint density at radius 2 is 1.93 bits per heavy atom. The molecule has 0 fully saturated rings. The third kappa shape index (κ3) is 4.86. The summed E-state index contributed by atoms with van der Waals surface area (Å²) in [7, 11) is 0. The maximum Gasteiger partial charge on any atom is 0.231 e. The summed E-state index contributed by atoms with van der Waals surface area (Å²) in [6, 6.07) is 16.7. The normalized spacial score (nSPS) is 11.9. The van der Waals surface area contributed by atoms with Crippen molar-refractivity contribution in [1.29, 1.82) is 0 Å². The SMILES string of the molecule is O=C(CSc1nnnn1-c1ccc(Cl)cc1)NC(c1ccc(F)cc1)c1cccs1. The number of benzene rings is 2. The van der Waals surface area contributed by atoms with E-state index in [0.717, 1.165) is 16.1 Å². The summed E-state index contributed by atoms with van der Waals surface area (Å²) in [6.07, 6.45) is 0.